The molecule has 0 aliphatic carbocycles. The zero-order valence-electron chi connectivity index (χ0n) is 10.1. The standard InChI is InChI=1S/C15H19N/c1-3-12(4-2)11-13-9-10-16-15-8-6-5-7-14(13)15/h5-10,12H,3-4,11H2,1-2H3. The minimum Gasteiger partial charge on any atom is -0.256 e. The lowest BCUT2D eigenvalue weighted by molar-refractivity contribution is 0.492. The van der Waals surface area contributed by atoms with Gasteiger partial charge in [0.15, 0.2) is 0 Å². The summed E-state index contributed by atoms with van der Waals surface area (Å²) in [7, 11) is 0. The quantitative estimate of drug-likeness (QED) is 0.741. The topological polar surface area (TPSA) is 12.9 Å². The van der Waals surface area contributed by atoms with E-state index < -0.39 is 0 Å². The molecule has 0 fully saturated rings. The van der Waals surface area contributed by atoms with E-state index in [1.165, 1.54) is 30.2 Å². The Morgan fingerprint density at radius 1 is 1.06 bits per heavy atom. The number of fused-ring (bicyclic) bond motifs is 1. The first kappa shape index (κ1) is 11.1. The van der Waals surface area contributed by atoms with Crippen LogP contribution in [0.1, 0.15) is 32.3 Å². The van der Waals surface area contributed by atoms with E-state index in [0.717, 1.165) is 11.4 Å². The van der Waals surface area contributed by atoms with Gasteiger partial charge in [-0.3, -0.25) is 4.98 Å². The maximum absolute atomic E-state index is 4.40. The third-order valence-corrected chi connectivity index (χ3v) is 3.40. The highest BCUT2D eigenvalue weighted by Crippen LogP contribution is 2.22. The second kappa shape index (κ2) is 5.11. The summed E-state index contributed by atoms with van der Waals surface area (Å²) in [5.41, 5.74) is 2.56. The van der Waals surface area contributed by atoms with Crippen molar-refractivity contribution in [2.45, 2.75) is 33.1 Å². The Hall–Kier alpha value is -1.37. The zero-order chi connectivity index (χ0) is 11.4. The summed E-state index contributed by atoms with van der Waals surface area (Å²) in [4.78, 5) is 4.40. The van der Waals surface area contributed by atoms with Crippen molar-refractivity contribution < 1.29 is 0 Å². The number of benzene rings is 1. The van der Waals surface area contributed by atoms with Gasteiger partial charge in [-0.25, -0.2) is 0 Å². The highest BCUT2D eigenvalue weighted by molar-refractivity contribution is 5.81. The average molecular weight is 213 g/mol. The van der Waals surface area contributed by atoms with Gasteiger partial charge in [0.25, 0.3) is 0 Å². The third-order valence-electron chi connectivity index (χ3n) is 3.40. The maximum atomic E-state index is 4.40. The lowest BCUT2D eigenvalue weighted by atomic mass is 9.93. The van der Waals surface area contributed by atoms with Crippen molar-refractivity contribution in [3.8, 4) is 0 Å². The van der Waals surface area contributed by atoms with Crippen LogP contribution in [-0.2, 0) is 6.42 Å². The van der Waals surface area contributed by atoms with E-state index >= 15 is 0 Å². The molecule has 16 heavy (non-hydrogen) atoms. The monoisotopic (exact) mass is 213 g/mol. The SMILES string of the molecule is CCC(CC)Cc1ccnc2ccccc12. The van der Waals surface area contributed by atoms with Crippen LogP contribution in [0.4, 0.5) is 0 Å². The molecule has 0 aliphatic heterocycles. The van der Waals surface area contributed by atoms with Crippen LogP contribution < -0.4 is 0 Å². The van der Waals surface area contributed by atoms with Crippen LogP contribution in [0.25, 0.3) is 10.9 Å². The Morgan fingerprint density at radius 2 is 1.81 bits per heavy atom. The summed E-state index contributed by atoms with van der Waals surface area (Å²) < 4.78 is 0. The molecular formula is C15H19N. The lowest BCUT2D eigenvalue weighted by Crippen LogP contribution is -2.02. The van der Waals surface area contributed by atoms with E-state index in [0.29, 0.717) is 0 Å². The van der Waals surface area contributed by atoms with E-state index in [1.54, 1.807) is 0 Å². The minimum absolute atomic E-state index is 0.797. The molecule has 2 rings (SSSR count). The van der Waals surface area contributed by atoms with Crippen LogP contribution in [0.3, 0.4) is 0 Å². The molecular weight excluding hydrogens is 194 g/mol. The van der Waals surface area contributed by atoms with Crippen LogP contribution in [0.2, 0.25) is 0 Å². The summed E-state index contributed by atoms with van der Waals surface area (Å²) in [6.07, 6.45) is 5.62. The molecule has 0 atom stereocenters. The number of pyridine rings is 1. The molecule has 0 unspecified atom stereocenters. The molecule has 0 saturated carbocycles. The van der Waals surface area contributed by atoms with Crippen LogP contribution >= 0.6 is 0 Å². The first-order chi connectivity index (χ1) is 7.85. The first-order valence-corrected chi connectivity index (χ1v) is 6.17. The summed E-state index contributed by atoms with van der Waals surface area (Å²) in [6.45, 7) is 4.55. The van der Waals surface area contributed by atoms with Crippen LogP contribution in [0, 0.1) is 5.92 Å². The normalized spacial score (nSPS) is 11.2. The van der Waals surface area contributed by atoms with Crippen molar-refractivity contribution in [1.82, 2.24) is 4.98 Å². The molecule has 0 bridgehead atoms. The Kier molecular flexibility index (Phi) is 3.55. The van der Waals surface area contributed by atoms with Gasteiger partial charge in [0.05, 0.1) is 5.52 Å². The predicted octanol–water partition coefficient (Wildman–Crippen LogP) is 4.21. The predicted molar refractivity (Wildman–Crippen MR) is 69.5 cm³/mol. The van der Waals surface area contributed by atoms with Crippen molar-refractivity contribution >= 4 is 10.9 Å². The Balaban J connectivity index is 2.36. The molecule has 0 aliphatic rings. The van der Waals surface area contributed by atoms with Gasteiger partial charge in [-0.2, -0.15) is 0 Å². The summed E-state index contributed by atoms with van der Waals surface area (Å²) in [5, 5.41) is 1.32. The average Bonchev–Trinajstić information content (AvgIpc) is 2.36. The molecule has 1 heterocycles. The van der Waals surface area contributed by atoms with E-state index in [1.807, 2.05) is 6.20 Å². The maximum Gasteiger partial charge on any atom is 0.0704 e. The van der Waals surface area contributed by atoms with Crippen molar-refractivity contribution in [2.75, 3.05) is 0 Å². The van der Waals surface area contributed by atoms with E-state index in [2.05, 4.69) is 49.2 Å². The Labute approximate surface area is 97.5 Å². The molecule has 0 spiro atoms. The van der Waals surface area contributed by atoms with Gasteiger partial charge in [0, 0.05) is 11.6 Å². The van der Waals surface area contributed by atoms with E-state index in [4.69, 9.17) is 0 Å². The van der Waals surface area contributed by atoms with Crippen LogP contribution in [0.15, 0.2) is 36.5 Å². The molecule has 2 aromatic rings. The fourth-order valence-corrected chi connectivity index (χ4v) is 2.22. The minimum atomic E-state index is 0.797. The molecule has 1 aromatic carbocycles. The summed E-state index contributed by atoms with van der Waals surface area (Å²) in [5.74, 6) is 0.797. The van der Waals surface area contributed by atoms with Crippen LogP contribution in [-0.4, -0.2) is 4.98 Å². The summed E-state index contributed by atoms with van der Waals surface area (Å²) >= 11 is 0. The van der Waals surface area contributed by atoms with E-state index in [9.17, 15) is 0 Å². The smallest absolute Gasteiger partial charge is 0.0704 e. The van der Waals surface area contributed by atoms with E-state index in [-0.39, 0.29) is 0 Å². The molecule has 84 valence electrons. The second-order valence-corrected chi connectivity index (χ2v) is 4.37. The van der Waals surface area contributed by atoms with Gasteiger partial charge in [0.1, 0.15) is 0 Å². The van der Waals surface area contributed by atoms with Gasteiger partial charge in [-0.15, -0.1) is 0 Å². The number of rotatable bonds is 4. The fourth-order valence-electron chi connectivity index (χ4n) is 2.22. The molecule has 0 N–H and O–H groups in total. The zero-order valence-corrected chi connectivity index (χ0v) is 10.1. The highest BCUT2D eigenvalue weighted by Gasteiger charge is 2.07. The molecule has 1 nitrogen and oxygen atoms in total. The largest absolute Gasteiger partial charge is 0.256 e. The van der Waals surface area contributed by atoms with Crippen molar-refractivity contribution in [1.29, 1.82) is 0 Å². The molecule has 0 saturated heterocycles. The molecule has 0 radical (unpaired) electrons. The molecule has 0 amide bonds. The Bertz CT molecular complexity index is 452. The van der Waals surface area contributed by atoms with Crippen molar-refractivity contribution in [3.05, 3.63) is 42.1 Å². The van der Waals surface area contributed by atoms with Crippen molar-refractivity contribution in [2.24, 2.45) is 5.92 Å². The van der Waals surface area contributed by atoms with Gasteiger partial charge < -0.3 is 0 Å². The highest BCUT2D eigenvalue weighted by atomic mass is 14.6. The number of hydrogen-bond donors (Lipinski definition) is 0. The fraction of sp³-hybridized carbons (Fsp3) is 0.400. The number of nitrogens with zero attached hydrogens (tertiary/aromatic N) is 1. The first-order valence-electron chi connectivity index (χ1n) is 6.17. The number of hydrogen-bond acceptors (Lipinski definition) is 1. The van der Waals surface area contributed by atoms with Crippen molar-refractivity contribution in [3.63, 3.8) is 0 Å². The Morgan fingerprint density at radius 3 is 2.56 bits per heavy atom. The summed E-state index contributed by atoms with van der Waals surface area (Å²) in [6, 6.07) is 10.6. The third kappa shape index (κ3) is 2.24. The van der Waals surface area contributed by atoms with Gasteiger partial charge in [-0.05, 0) is 30.0 Å². The number of aromatic nitrogens is 1. The van der Waals surface area contributed by atoms with Crippen LogP contribution in [0.5, 0.6) is 0 Å². The second-order valence-electron chi connectivity index (χ2n) is 4.37. The molecule has 1 aromatic heterocycles. The van der Waals surface area contributed by atoms with Gasteiger partial charge in [0.2, 0.25) is 0 Å². The number of para-hydroxylation sites is 1. The van der Waals surface area contributed by atoms with Gasteiger partial charge in [-0.1, -0.05) is 44.9 Å². The molecule has 1 heteroatoms. The lowest BCUT2D eigenvalue weighted by Gasteiger charge is -2.13. The van der Waals surface area contributed by atoms with Gasteiger partial charge >= 0.3 is 0 Å².